The number of methoxy groups -OCH3 is 1. The zero-order valence-electron chi connectivity index (χ0n) is 14.4. The monoisotopic (exact) mass is 450 g/mol. The molecule has 1 aromatic heterocycles. The summed E-state index contributed by atoms with van der Waals surface area (Å²) in [6.45, 7) is 1.33. The molecule has 3 aromatic rings. The number of nitrogens with one attached hydrogen (secondary N) is 3. The summed E-state index contributed by atoms with van der Waals surface area (Å²) in [4.78, 5) is 7.67. The number of aromatic amines is 1. The van der Waals surface area contributed by atoms with E-state index in [0.29, 0.717) is 13.1 Å². The van der Waals surface area contributed by atoms with Crippen molar-refractivity contribution >= 4 is 40.8 Å². The molecule has 0 fully saturated rings. The van der Waals surface area contributed by atoms with Gasteiger partial charge in [-0.25, -0.2) is 0 Å². The first-order chi connectivity index (χ1) is 11.8. The molecule has 0 bridgehead atoms. The van der Waals surface area contributed by atoms with Gasteiger partial charge in [0.2, 0.25) is 0 Å². The topological polar surface area (TPSA) is 61.4 Å². The molecule has 25 heavy (non-hydrogen) atoms. The summed E-state index contributed by atoms with van der Waals surface area (Å²) >= 11 is 0. The molecule has 0 aliphatic rings. The molecule has 6 heteroatoms. The number of hydrogen-bond acceptors (Lipinski definition) is 2. The molecule has 132 valence electrons. The standard InChI is InChI=1S/C19H22N4O.HI/c1-20-19(21-12-15-8-4-6-10-18(15)24-2)22-13-16-11-14-7-3-5-9-17(14)23-16;/h3-11,23H,12-13H2,1-2H3,(H2,20,21,22);1H. The van der Waals surface area contributed by atoms with Crippen LogP contribution in [-0.4, -0.2) is 25.1 Å². The van der Waals surface area contributed by atoms with E-state index >= 15 is 0 Å². The highest BCUT2D eigenvalue weighted by Crippen LogP contribution is 2.17. The largest absolute Gasteiger partial charge is 0.496 e. The highest BCUT2D eigenvalue weighted by atomic mass is 127. The number of guanidine groups is 1. The molecule has 0 saturated heterocycles. The van der Waals surface area contributed by atoms with Gasteiger partial charge in [0.25, 0.3) is 0 Å². The lowest BCUT2D eigenvalue weighted by Crippen LogP contribution is -2.36. The van der Waals surface area contributed by atoms with Gasteiger partial charge in [0.05, 0.1) is 13.7 Å². The van der Waals surface area contributed by atoms with E-state index in [1.54, 1.807) is 14.2 Å². The van der Waals surface area contributed by atoms with Crippen LogP contribution >= 0.6 is 24.0 Å². The molecular weight excluding hydrogens is 427 g/mol. The van der Waals surface area contributed by atoms with Crippen LogP contribution in [0.4, 0.5) is 0 Å². The van der Waals surface area contributed by atoms with Gasteiger partial charge in [-0.1, -0.05) is 36.4 Å². The number of aliphatic imine (C=N–C) groups is 1. The fourth-order valence-corrected chi connectivity index (χ4v) is 2.66. The second kappa shape index (κ2) is 9.31. The van der Waals surface area contributed by atoms with Gasteiger partial charge in [-0.15, -0.1) is 24.0 Å². The maximum absolute atomic E-state index is 5.37. The number of para-hydroxylation sites is 2. The van der Waals surface area contributed by atoms with Crippen molar-refractivity contribution in [1.29, 1.82) is 0 Å². The van der Waals surface area contributed by atoms with Crippen molar-refractivity contribution < 1.29 is 4.74 Å². The predicted molar refractivity (Wildman–Crippen MR) is 114 cm³/mol. The Morgan fingerprint density at radius 1 is 1.04 bits per heavy atom. The Morgan fingerprint density at radius 3 is 2.52 bits per heavy atom. The number of benzene rings is 2. The van der Waals surface area contributed by atoms with Gasteiger partial charge in [0, 0.05) is 30.4 Å². The second-order valence-electron chi connectivity index (χ2n) is 5.47. The van der Waals surface area contributed by atoms with E-state index in [4.69, 9.17) is 4.74 Å². The average Bonchev–Trinajstić information content (AvgIpc) is 3.05. The fraction of sp³-hybridized carbons (Fsp3) is 0.211. The number of halogens is 1. The minimum absolute atomic E-state index is 0. The van der Waals surface area contributed by atoms with Gasteiger partial charge in [-0.3, -0.25) is 4.99 Å². The van der Waals surface area contributed by atoms with Crippen molar-refractivity contribution in [3.8, 4) is 5.75 Å². The van der Waals surface area contributed by atoms with Crippen LogP contribution in [0, 0.1) is 0 Å². The molecule has 5 nitrogen and oxygen atoms in total. The summed E-state index contributed by atoms with van der Waals surface area (Å²) in [6.07, 6.45) is 0. The SMILES string of the molecule is CN=C(NCc1cc2ccccc2[nH]1)NCc1ccccc1OC.I. The Kier molecular flexibility index (Phi) is 7.12. The van der Waals surface area contributed by atoms with Crippen LogP contribution in [0.3, 0.4) is 0 Å². The van der Waals surface area contributed by atoms with Crippen LogP contribution in [0.5, 0.6) is 5.75 Å². The minimum atomic E-state index is 0. The number of fused-ring (bicyclic) bond motifs is 1. The predicted octanol–water partition coefficient (Wildman–Crippen LogP) is 3.66. The summed E-state index contributed by atoms with van der Waals surface area (Å²) in [5.41, 5.74) is 3.36. The van der Waals surface area contributed by atoms with Crippen LogP contribution in [0.2, 0.25) is 0 Å². The molecule has 0 amide bonds. The Balaban J connectivity index is 0.00000225. The lowest BCUT2D eigenvalue weighted by Gasteiger charge is -2.13. The molecule has 1 heterocycles. The molecule has 0 saturated carbocycles. The Bertz CT molecular complexity index is 811. The highest BCUT2D eigenvalue weighted by molar-refractivity contribution is 14.0. The molecule has 3 rings (SSSR count). The lowest BCUT2D eigenvalue weighted by molar-refractivity contribution is 0.409. The van der Waals surface area contributed by atoms with E-state index in [1.807, 2.05) is 36.4 Å². The number of H-pyrrole nitrogens is 1. The number of hydrogen-bond donors (Lipinski definition) is 3. The lowest BCUT2D eigenvalue weighted by atomic mass is 10.2. The van der Waals surface area contributed by atoms with Gasteiger partial charge in [0.15, 0.2) is 5.96 Å². The van der Waals surface area contributed by atoms with Crippen molar-refractivity contribution in [2.45, 2.75) is 13.1 Å². The third-order valence-electron chi connectivity index (χ3n) is 3.89. The Labute approximate surface area is 164 Å². The summed E-state index contributed by atoms with van der Waals surface area (Å²) in [5, 5.41) is 7.84. The summed E-state index contributed by atoms with van der Waals surface area (Å²) in [7, 11) is 3.45. The van der Waals surface area contributed by atoms with Crippen molar-refractivity contribution in [2.75, 3.05) is 14.2 Å². The highest BCUT2D eigenvalue weighted by Gasteiger charge is 2.04. The quantitative estimate of drug-likeness (QED) is 0.316. The number of nitrogens with zero attached hydrogens (tertiary/aromatic N) is 1. The van der Waals surface area contributed by atoms with Crippen LogP contribution in [-0.2, 0) is 13.1 Å². The van der Waals surface area contributed by atoms with Gasteiger partial charge < -0.3 is 20.4 Å². The molecular formula is C19H23IN4O. The van der Waals surface area contributed by atoms with E-state index in [-0.39, 0.29) is 24.0 Å². The molecule has 0 aliphatic heterocycles. The maximum Gasteiger partial charge on any atom is 0.191 e. The first kappa shape index (κ1) is 19.1. The van der Waals surface area contributed by atoms with E-state index in [1.165, 1.54) is 5.39 Å². The van der Waals surface area contributed by atoms with E-state index < -0.39 is 0 Å². The third kappa shape index (κ3) is 4.88. The minimum Gasteiger partial charge on any atom is -0.496 e. The number of rotatable bonds is 5. The van der Waals surface area contributed by atoms with Gasteiger partial charge >= 0.3 is 0 Å². The zero-order chi connectivity index (χ0) is 16.8. The smallest absolute Gasteiger partial charge is 0.191 e. The molecule has 0 unspecified atom stereocenters. The average molecular weight is 450 g/mol. The summed E-state index contributed by atoms with van der Waals surface area (Å²) < 4.78 is 5.37. The molecule has 0 atom stereocenters. The zero-order valence-corrected chi connectivity index (χ0v) is 16.7. The van der Waals surface area contributed by atoms with Crippen LogP contribution < -0.4 is 15.4 Å². The van der Waals surface area contributed by atoms with Crippen LogP contribution in [0.25, 0.3) is 10.9 Å². The first-order valence-electron chi connectivity index (χ1n) is 7.93. The third-order valence-corrected chi connectivity index (χ3v) is 3.89. The first-order valence-corrected chi connectivity index (χ1v) is 7.93. The van der Waals surface area contributed by atoms with Gasteiger partial charge in [-0.2, -0.15) is 0 Å². The van der Waals surface area contributed by atoms with E-state index in [0.717, 1.165) is 28.5 Å². The van der Waals surface area contributed by atoms with Gasteiger partial charge in [0.1, 0.15) is 5.75 Å². The van der Waals surface area contributed by atoms with Crippen molar-refractivity contribution in [3.05, 3.63) is 65.9 Å². The normalized spacial score (nSPS) is 11.0. The van der Waals surface area contributed by atoms with Crippen LogP contribution in [0.15, 0.2) is 59.6 Å². The van der Waals surface area contributed by atoms with Crippen molar-refractivity contribution in [1.82, 2.24) is 15.6 Å². The van der Waals surface area contributed by atoms with Gasteiger partial charge in [-0.05, 0) is 23.6 Å². The van der Waals surface area contributed by atoms with Crippen molar-refractivity contribution in [3.63, 3.8) is 0 Å². The number of ether oxygens (including phenoxy) is 1. The maximum atomic E-state index is 5.37. The molecule has 0 aliphatic carbocycles. The van der Waals surface area contributed by atoms with Crippen molar-refractivity contribution in [2.24, 2.45) is 4.99 Å². The number of aromatic nitrogens is 1. The van der Waals surface area contributed by atoms with Crippen LogP contribution in [0.1, 0.15) is 11.3 Å². The molecule has 3 N–H and O–H groups in total. The Morgan fingerprint density at radius 2 is 1.76 bits per heavy atom. The van der Waals surface area contributed by atoms with E-state index in [2.05, 4.69) is 38.8 Å². The molecule has 0 radical (unpaired) electrons. The second-order valence-corrected chi connectivity index (χ2v) is 5.47. The molecule has 0 spiro atoms. The fourth-order valence-electron chi connectivity index (χ4n) is 2.66. The summed E-state index contributed by atoms with van der Waals surface area (Å²) in [6, 6.07) is 18.4. The molecule has 2 aromatic carbocycles. The summed E-state index contributed by atoms with van der Waals surface area (Å²) in [5.74, 6) is 1.62. The van der Waals surface area contributed by atoms with E-state index in [9.17, 15) is 0 Å². The Hall–Kier alpha value is -2.22.